The Hall–Kier alpha value is -3.28. The molecule has 3 aromatic rings. The Kier molecular flexibility index (Phi) is 7.88. The van der Waals surface area contributed by atoms with E-state index in [0.29, 0.717) is 67.3 Å². The maximum absolute atomic E-state index is 12.6. The average Bonchev–Trinajstić information content (AvgIpc) is 3.29. The third-order valence-corrected chi connectivity index (χ3v) is 6.48. The summed E-state index contributed by atoms with van der Waals surface area (Å²) in [6.45, 7) is 3.22. The molecule has 1 amide bonds. The van der Waals surface area contributed by atoms with Crippen LogP contribution in [-0.2, 0) is 21.8 Å². The van der Waals surface area contributed by atoms with Crippen LogP contribution in [0.5, 0.6) is 0 Å². The summed E-state index contributed by atoms with van der Waals surface area (Å²) >= 11 is 1.47. The van der Waals surface area contributed by atoms with Gasteiger partial charge in [-0.25, -0.2) is 0 Å². The second-order valence-electron chi connectivity index (χ2n) is 7.62. The number of thioether (sulfide) groups is 1. The number of para-hydroxylation sites is 1. The number of nitro benzene ring substituents is 1. The van der Waals surface area contributed by atoms with Gasteiger partial charge in [-0.05, 0) is 23.8 Å². The number of aromatic nitrogens is 3. The molecule has 10 nitrogen and oxygen atoms in total. The minimum absolute atomic E-state index is 0.0101. The van der Waals surface area contributed by atoms with E-state index in [4.69, 9.17) is 9.47 Å². The number of carbonyl (C=O) groups is 1. The Bertz CT molecular complexity index is 1140. The molecule has 0 aliphatic carbocycles. The molecule has 0 atom stereocenters. The number of ether oxygens (including phenoxy) is 2. The summed E-state index contributed by atoms with van der Waals surface area (Å²) in [5, 5.41) is 20.7. The lowest BCUT2D eigenvalue weighted by Gasteiger charge is -2.26. The second kappa shape index (κ2) is 11.2. The molecule has 0 bridgehead atoms. The SMILES string of the molecule is COCCn1c(SCc2ccc(C(=O)N3CCOCC3)cc2)nnc1-c1ccccc1[N+](=O)[O-]. The number of nitrogens with zero attached hydrogens (tertiary/aromatic N) is 5. The molecule has 1 aliphatic heterocycles. The first-order valence-electron chi connectivity index (χ1n) is 10.8. The van der Waals surface area contributed by atoms with E-state index in [1.54, 1.807) is 30.2 Å². The zero-order valence-electron chi connectivity index (χ0n) is 18.8. The van der Waals surface area contributed by atoms with Crippen molar-refractivity contribution in [2.45, 2.75) is 17.5 Å². The number of rotatable bonds is 9. The number of nitro groups is 1. The molecule has 0 unspecified atom stereocenters. The van der Waals surface area contributed by atoms with Crippen LogP contribution in [0.15, 0.2) is 53.7 Å². The van der Waals surface area contributed by atoms with E-state index in [0.717, 1.165) is 5.56 Å². The number of carbonyl (C=O) groups excluding carboxylic acids is 1. The topological polar surface area (TPSA) is 113 Å². The van der Waals surface area contributed by atoms with Crippen LogP contribution in [0.1, 0.15) is 15.9 Å². The van der Waals surface area contributed by atoms with Crippen LogP contribution >= 0.6 is 11.8 Å². The van der Waals surface area contributed by atoms with Crippen molar-refractivity contribution in [1.29, 1.82) is 0 Å². The van der Waals surface area contributed by atoms with Crippen LogP contribution in [0.2, 0.25) is 0 Å². The standard InChI is InChI=1S/C23H25N5O5S/c1-32-13-12-27-21(19-4-2-3-5-20(19)28(30)31)24-25-23(27)34-16-17-6-8-18(9-7-17)22(29)26-10-14-33-15-11-26/h2-9H,10-16H2,1H3. The van der Waals surface area contributed by atoms with E-state index < -0.39 is 4.92 Å². The van der Waals surface area contributed by atoms with Gasteiger partial charge in [0.2, 0.25) is 0 Å². The first-order valence-corrected chi connectivity index (χ1v) is 11.8. The molecule has 0 spiro atoms. The molecule has 2 aromatic carbocycles. The highest BCUT2D eigenvalue weighted by Crippen LogP contribution is 2.31. The Morgan fingerprint density at radius 2 is 1.88 bits per heavy atom. The number of methoxy groups -OCH3 is 1. The Labute approximate surface area is 201 Å². The lowest BCUT2D eigenvalue weighted by molar-refractivity contribution is -0.384. The molecule has 1 aromatic heterocycles. The van der Waals surface area contributed by atoms with Gasteiger partial charge in [0.05, 0.1) is 36.9 Å². The summed E-state index contributed by atoms with van der Waals surface area (Å²) in [6, 6.07) is 14.0. The van der Waals surface area contributed by atoms with Crippen LogP contribution in [0.4, 0.5) is 5.69 Å². The van der Waals surface area contributed by atoms with Gasteiger partial charge in [-0.3, -0.25) is 19.5 Å². The van der Waals surface area contributed by atoms with E-state index >= 15 is 0 Å². The van der Waals surface area contributed by atoms with Gasteiger partial charge in [-0.2, -0.15) is 0 Å². The van der Waals surface area contributed by atoms with Crippen molar-refractivity contribution in [3.05, 3.63) is 69.8 Å². The molecule has 0 radical (unpaired) electrons. The Balaban J connectivity index is 1.50. The van der Waals surface area contributed by atoms with Gasteiger partial charge in [0.15, 0.2) is 11.0 Å². The molecule has 0 saturated carbocycles. The maximum Gasteiger partial charge on any atom is 0.280 e. The molecule has 4 rings (SSSR count). The van der Waals surface area contributed by atoms with Crippen molar-refractivity contribution in [3.63, 3.8) is 0 Å². The average molecular weight is 484 g/mol. The molecule has 34 heavy (non-hydrogen) atoms. The molecular formula is C23H25N5O5S. The zero-order valence-corrected chi connectivity index (χ0v) is 19.6. The first kappa shape index (κ1) is 23.9. The maximum atomic E-state index is 12.6. The minimum atomic E-state index is -0.419. The van der Waals surface area contributed by atoms with Crippen LogP contribution < -0.4 is 0 Å². The van der Waals surface area contributed by atoms with E-state index in [1.807, 2.05) is 28.8 Å². The van der Waals surface area contributed by atoms with E-state index in [-0.39, 0.29) is 11.6 Å². The van der Waals surface area contributed by atoms with E-state index in [1.165, 1.54) is 17.8 Å². The molecule has 2 heterocycles. The van der Waals surface area contributed by atoms with E-state index in [2.05, 4.69) is 10.2 Å². The summed E-state index contributed by atoms with van der Waals surface area (Å²) in [6.07, 6.45) is 0. The highest BCUT2D eigenvalue weighted by molar-refractivity contribution is 7.98. The predicted molar refractivity (Wildman–Crippen MR) is 127 cm³/mol. The largest absolute Gasteiger partial charge is 0.383 e. The molecule has 1 saturated heterocycles. The van der Waals surface area contributed by atoms with Crippen molar-refractivity contribution < 1.29 is 19.2 Å². The summed E-state index contributed by atoms with van der Waals surface area (Å²) in [5.74, 6) is 1.04. The van der Waals surface area contributed by atoms with Crippen molar-refractivity contribution in [3.8, 4) is 11.4 Å². The summed E-state index contributed by atoms with van der Waals surface area (Å²) in [7, 11) is 1.60. The fourth-order valence-electron chi connectivity index (χ4n) is 3.64. The fourth-order valence-corrected chi connectivity index (χ4v) is 4.56. The van der Waals surface area contributed by atoms with Gasteiger partial charge in [-0.1, -0.05) is 36.0 Å². The number of benzene rings is 2. The Morgan fingerprint density at radius 1 is 1.15 bits per heavy atom. The highest BCUT2D eigenvalue weighted by atomic mass is 32.2. The predicted octanol–water partition coefficient (Wildman–Crippen LogP) is 3.26. The van der Waals surface area contributed by atoms with Crippen LogP contribution in [0, 0.1) is 10.1 Å². The minimum Gasteiger partial charge on any atom is -0.383 e. The molecule has 178 valence electrons. The smallest absolute Gasteiger partial charge is 0.280 e. The summed E-state index contributed by atoms with van der Waals surface area (Å²) in [5.41, 5.74) is 2.06. The number of morpholine rings is 1. The van der Waals surface area contributed by atoms with Gasteiger partial charge >= 0.3 is 0 Å². The van der Waals surface area contributed by atoms with Gasteiger partial charge in [0, 0.05) is 37.6 Å². The normalized spacial score (nSPS) is 13.7. The third-order valence-electron chi connectivity index (χ3n) is 5.44. The Morgan fingerprint density at radius 3 is 2.59 bits per heavy atom. The molecule has 11 heteroatoms. The van der Waals surface area contributed by atoms with E-state index in [9.17, 15) is 14.9 Å². The van der Waals surface area contributed by atoms with Crippen molar-refractivity contribution in [2.24, 2.45) is 0 Å². The van der Waals surface area contributed by atoms with Crippen LogP contribution in [-0.4, -0.2) is 70.5 Å². The quantitative estimate of drug-likeness (QED) is 0.259. The molecule has 0 N–H and O–H groups in total. The third kappa shape index (κ3) is 5.44. The van der Waals surface area contributed by atoms with Crippen LogP contribution in [0.3, 0.4) is 0 Å². The number of amides is 1. The van der Waals surface area contributed by atoms with Crippen LogP contribution in [0.25, 0.3) is 11.4 Å². The van der Waals surface area contributed by atoms with Crippen molar-refractivity contribution in [2.75, 3.05) is 40.0 Å². The van der Waals surface area contributed by atoms with Gasteiger partial charge in [0.1, 0.15) is 0 Å². The highest BCUT2D eigenvalue weighted by Gasteiger charge is 2.22. The summed E-state index contributed by atoms with van der Waals surface area (Å²) < 4.78 is 12.4. The number of hydrogen-bond acceptors (Lipinski definition) is 8. The zero-order chi connectivity index (χ0) is 23.9. The van der Waals surface area contributed by atoms with Gasteiger partial charge in [0.25, 0.3) is 11.6 Å². The number of hydrogen-bond donors (Lipinski definition) is 0. The van der Waals surface area contributed by atoms with Gasteiger partial charge in [-0.15, -0.1) is 10.2 Å². The molecule has 1 fully saturated rings. The first-order chi connectivity index (χ1) is 16.6. The van der Waals surface area contributed by atoms with Gasteiger partial charge < -0.3 is 14.4 Å². The molecular weight excluding hydrogens is 458 g/mol. The lowest BCUT2D eigenvalue weighted by Crippen LogP contribution is -2.40. The monoisotopic (exact) mass is 483 g/mol. The van der Waals surface area contributed by atoms with Crippen molar-refractivity contribution in [1.82, 2.24) is 19.7 Å². The second-order valence-corrected chi connectivity index (χ2v) is 8.56. The lowest BCUT2D eigenvalue weighted by atomic mass is 10.1. The van der Waals surface area contributed by atoms with Crippen molar-refractivity contribution >= 4 is 23.4 Å². The summed E-state index contributed by atoms with van der Waals surface area (Å²) in [4.78, 5) is 25.5. The fraction of sp³-hybridized carbons (Fsp3) is 0.348. The molecule has 1 aliphatic rings.